The van der Waals surface area contributed by atoms with Crippen LogP contribution in [-0.4, -0.2) is 49.0 Å². The van der Waals surface area contributed by atoms with Gasteiger partial charge in [-0.15, -0.1) is 0 Å². The van der Waals surface area contributed by atoms with E-state index < -0.39 is 0 Å². The third-order valence-electron chi connectivity index (χ3n) is 5.30. The highest BCUT2D eigenvalue weighted by Gasteiger charge is 2.40. The summed E-state index contributed by atoms with van der Waals surface area (Å²) in [5.74, 6) is 0.762. The number of hydrogen-bond acceptors (Lipinski definition) is 4. The number of nitrogens with one attached hydrogen (secondary N) is 1. The molecule has 2 aliphatic rings. The first-order valence-corrected chi connectivity index (χ1v) is 9.63. The van der Waals surface area contributed by atoms with E-state index >= 15 is 0 Å². The first-order valence-electron chi connectivity index (χ1n) is 9.25. The maximum atomic E-state index is 13.3. The molecular formula is C20H23ClN3O3+. The van der Waals surface area contributed by atoms with Crippen molar-refractivity contribution in [3.05, 3.63) is 59.0 Å². The van der Waals surface area contributed by atoms with Gasteiger partial charge in [-0.25, -0.2) is 5.01 Å². The fraction of sp³-hybridized carbons (Fsp3) is 0.400. The van der Waals surface area contributed by atoms with Gasteiger partial charge >= 0.3 is 5.91 Å². The molecule has 0 saturated carbocycles. The van der Waals surface area contributed by atoms with E-state index in [1.165, 1.54) is 4.90 Å². The van der Waals surface area contributed by atoms with Crippen LogP contribution in [0, 0.1) is 0 Å². The molecule has 1 saturated heterocycles. The Balaban J connectivity index is 1.61. The van der Waals surface area contributed by atoms with Gasteiger partial charge in [0.15, 0.2) is 6.04 Å². The highest BCUT2D eigenvalue weighted by molar-refractivity contribution is 6.30. The van der Waals surface area contributed by atoms with Gasteiger partial charge < -0.3 is 14.1 Å². The maximum absolute atomic E-state index is 13.3. The van der Waals surface area contributed by atoms with Crippen molar-refractivity contribution in [2.75, 3.05) is 26.3 Å². The van der Waals surface area contributed by atoms with Crippen LogP contribution in [0.15, 0.2) is 52.2 Å². The van der Waals surface area contributed by atoms with Crippen molar-refractivity contribution in [3.8, 4) is 0 Å². The number of rotatable bonds is 4. The maximum Gasteiger partial charge on any atom is 0.301 e. The van der Waals surface area contributed by atoms with E-state index in [2.05, 4.69) is 0 Å². The quantitative estimate of drug-likeness (QED) is 0.870. The molecule has 4 rings (SSSR count). The fourth-order valence-electron chi connectivity index (χ4n) is 3.67. The molecule has 0 aliphatic carbocycles. The van der Waals surface area contributed by atoms with Gasteiger partial charge in [-0.1, -0.05) is 23.7 Å². The Hall–Kier alpha value is -2.15. The molecule has 142 valence electrons. The molecule has 1 aromatic carbocycles. The first kappa shape index (κ1) is 18.2. The van der Waals surface area contributed by atoms with Crippen molar-refractivity contribution in [2.45, 2.75) is 25.4 Å². The molecule has 3 heterocycles. The average Bonchev–Trinajstić information content (AvgIpc) is 3.38. The minimum Gasteiger partial charge on any atom is -0.467 e. The molecule has 0 spiro atoms. The number of ether oxygens (including phenoxy) is 1. The lowest BCUT2D eigenvalue weighted by Crippen LogP contribution is -3.18. The molecule has 1 amide bonds. The summed E-state index contributed by atoms with van der Waals surface area (Å²) in [7, 11) is 0. The largest absolute Gasteiger partial charge is 0.467 e. The Bertz CT molecular complexity index is 814. The number of carbonyl (C=O) groups excluding carboxylic acids is 1. The van der Waals surface area contributed by atoms with Gasteiger partial charge in [-0.3, -0.25) is 4.79 Å². The summed E-state index contributed by atoms with van der Waals surface area (Å²) < 4.78 is 11.0. The Labute approximate surface area is 163 Å². The Morgan fingerprint density at radius 1 is 1.26 bits per heavy atom. The highest BCUT2D eigenvalue weighted by Crippen LogP contribution is 2.33. The molecule has 0 bridgehead atoms. The number of amides is 1. The van der Waals surface area contributed by atoms with E-state index in [9.17, 15) is 4.79 Å². The van der Waals surface area contributed by atoms with E-state index in [-0.39, 0.29) is 18.0 Å². The molecule has 7 heteroatoms. The van der Waals surface area contributed by atoms with Crippen LogP contribution in [0.5, 0.6) is 0 Å². The van der Waals surface area contributed by atoms with Crippen molar-refractivity contribution >= 4 is 23.2 Å². The van der Waals surface area contributed by atoms with Crippen LogP contribution in [0.2, 0.25) is 5.02 Å². The monoisotopic (exact) mass is 388 g/mol. The second-order valence-electron chi connectivity index (χ2n) is 6.96. The SMILES string of the molecule is C[C@@H](C(=O)N1N=C(c2ccc(Cl)cc2)C[C@H]1c1ccco1)[NH+]1CCOCC1. The van der Waals surface area contributed by atoms with E-state index in [0.717, 1.165) is 30.1 Å². The number of nitrogens with zero attached hydrogens (tertiary/aromatic N) is 2. The zero-order chi connectivity index (χ0) is 18.8. The Morgan fingerprint density at radius 2 is 2.00 bits per heavy atom. The standard InChI is InChI=1S/C20H22ClN3O3/c1-14(23-8-11-26-12-9-23)20(25)24-18(19-3-2-10-27-19)13-17(22-24)15-4-6-16(21)7-5-15/h2-7,10,14,18H,8-9,11-13H2,1H3/p+1/t14-,18-/m0/s1. The summed E-state index contributed by atoms with van der Waals surface area (Å²) in [6.07, 6.45) is 2.25. The normalized spacial score (nSPS) is 21.9. The van der Waals surface area contributed by atoms with Gasteiger partial charge in [-0.05, 0) is 36.8 Å². The lowest BCUT2D eigenvalue weighted by Gasteiger charge is -2.31. The second kappa shape index (κ2) is 7.84. The van der Waals surface area contributed by atoms with Crippen molar-refractivity contribution in [1.29, 1.82) is 0 Å². The minimum absolute atomic E-state index is 0.0114. The summed E-state index contributed by atoms with van der Waals surface area (Å²) in [4.78, 5) is 14.5. The number of benzene rings is 1. The number of quaternary nitrogens is 1. The number of carbonyl (C=O) groups is 1. The van der Waals surface area contributed by atoms with Crippen molar-refractivity contribution in [3.63, 3.8) is 0 Å². The number of hydrogen-bond donors (Lipinski definition) is 1. The van der Waals surface area contributed by atoms with Crippen molar-refractivity contribution in [1.82, 2.24) is 5.01 Å². The lowest BCUT2D eigenvalue weighted by atomic mass is 10.0. The fourth-order valence-corrected chi connectivity index (χ4v) is 3.80. The molecule has 27 heavy (non-hydrogen) atoms. The summed E-state index contributed by atoms with van der Waals surface area (Å²) in [5.41, 5.74) is 1.84. The topological polar surface area (TPSA) is 59.5 Å². The summed E-state index contributed by atoms with van der Waals surface area (Å²) in [5, 5.41) is 6.98. The molecule has 6 nitrogen and oxygen atoms in total. The second-order valence-corrected chi connectivity index (χ2v) is 7.40. The molecule has 2 aliphatic heterocycles. The van der Waals surface area contributed by atoms with E-state index in [4.69, 9.17) is 25.9 Å². The molecular weight excluding hydrogens is 366 g/mol. The van der Waals surface area contributed by atoms with Crippen molar-refractivity contribution < 1.29 is 18.8 Å². The number of morpholine rings is 1. The summed E-state index contributed by atoms with van der Waals surface area (Å²) >= 11 is 6.00. The molecule has 1 aromatic heterocycles. The van der Waals surface area contributed by atoms with E-state index in [0.29, 0.717) is 24.7 Å². The van der Waals surface area contributed by atoms with Gasteiger partial charge in [0.1, 0.15) is 24.9 Å². The van der Waals surface area contributed by atoms with Gasteiger partial charge in [0.2, 0.25) is 0 Å². The lowest BCUT2D eigenvalue weighted by molar-refractivity contribution is -0.922. The van der Waals surface area contributed by atoms with Crippen LogP contribution in [0.3, 0.4) is 0 Å². The predicted octanol–water partition coefficient (Wildman–Crippen LogP) is 1.91. The number of halogens is 1. The van der Waals surface area contributed by atoms with Gasteiger partial charge in [0, 0.05) is 11.4 Å². The number of hydrazone groups is 1. The van der Waals surface area contributed by atoms with E-state index in [1.54, 1.807) is 11.3 Å². The van der Waals surface area contributed by atoms with Crippen LogP contribution in [0.1, 0.15) is 30.7 Å². The summed E-state index contributed by atoms with van der Waals surface area (Å²) in [6, 6.07) is 10.9. The molecule has 2 aromatic rings. The first-order chi connectivity index (χ1) is 13.1. The van der Waals surface area contributed by atoms with Gasteiger partial charge in [-0.2, -0.15) is 5.10 Å². The molecule has 1 N–H and O–H groups in total. The van der Waals surface area contributed by atoms with Crippen LogP contribution in [0.25, 0.3) is 0 Å². The smallest absolute Gasteiger partial charge is 0.301 e. The Morgan fingerprint density at radius 3 is 2.67 bits per heavy atom. The molecule has 2 atom stereocenters. The third kappa shape index (κ3) is 3.78. The average molecular weight is 389 g/mol. The summed E-state index contributed by atoms with van der Waals surface area (Å²) in [6.45, 7) is 5.01. The Kier molecular flexibility index (Phi) is 5.29. The van der Waals surface area contributed by atoms with Crippen LogP contribution < -0.4 is 4.90 Å². The van der Waals surface area contributed by atoms with Gasteiger partial charge in [0.25, 0.3) is 0 Å². The van der Waals surface area contributed by atoms with Crippen molar-refractivity contribution in [2.24, 2.45) is 5.10 Å². The minimum atomic E-state index is -0.221. The molecule has 1 fully saturated rings. The van der Waals surface area contributed by atoms with Crippen LogP contribution >= 0.6 is 11.6 Å². The zero-order valence-corrected chi connectivity index (χ0v) is 16.0. The third-order valence-corrected chi connectivity index (χ3v) is 5.56. The molecule has 0 unspecified atom stereocenters. The van der Waals surface area contributed by atoms with Crippen LogP contribution in [0.4, 0.5) is 0 Å². The zero-order valence-electron chi connectivity index (χ0n) is 15.2. The molecule has 0 radical (unpaired) electrons. The van der Waals surface area contributed by atoms with Gasteiger partial charge in [0.05, 0.1) is 25.2 Å². The van der Waals surface area contributed by atoms with Crippen LogP contribution in [-0.2, 0) is 9.53 Å². The predicted molar refractivity (Wildman–Crippen MR) is 102 cm³/mol. The van der Waals surface area contributed by atoms with E-state index in [1.807, 2.05) is 43.3 Å². The number of furan rings is 1. The highest BCUT2D eigenvalue weighted by atomic mass is 35.5.